The lowest BCUT2D eigenvalue weighted by atomic mass is 9.86. The SMILES string of the molecule is CCCn1c(=O)n(CC(=O)N[C@H]2CCCC[C@H]2C)c2ccccc21. The lowest BCUT2D eigenvalue weighted by molar-refractivity contribution is -0.122. The first kappa shape index (κ1) is 16.8. The Morgan fingerprint density at radius 3 is 2.50 bits per heavy atom. The summed E-state index contributed by atoms with van der Waals surface area (Å²) < 4.78 is 3.37. The molecule has 1 aliphatic carbocycles. The minimum atomic E-state index is -0.0927. The molecule has 0 bridgehead atoms. The van der Waals surface area contributed by atoms with Gasteiger partial charge in [-0.3, -0.25) is 13.9 Å². The van der Waals surface area contributed by atoms with Gasteiger partial charge in [0.25, 0.3) is 0 Å². The smallest absolute Gasteiger partial charge is 0.329 e. The maximum atomic E-state index is 12.7. The predicted molar refractivity (Wildman–Crippen MR) is 96.1 cm³/mol. The number of hydrogen-bond acceptors (Lipinski definition) is 2. The Kier molecular flexibility index (Phi) is 5.07. The van der Waals surface area contributed by atoms with Crippen molar-refractivity contribution in [3.63, 3.8) is 0 Å². The molecule has 0 spiro atoms. The van der Waals surface area contributed by atoms with Crippen LogP contribution in [0.5, 0.6) is 0 Å². The van der Waals surface area contributed by atoms with Crippen LogP contribution in [0.15, 0.2) is 29.1 Å². The van der Waals surface area contributed by atoms with Crippen LogP contribution in [0.1, 0.15) is 46.0 Å². The maximum absolute atomic E-state index is 12.7. The molecular formula is C19H27N3O2. The average molecular weight is 329 g/mol. The summed E-state index contributed by atoms with van der Waals surface area (Å²) in [6, 6.07) is 7.95. The van der Waals surface area contributed by atoms with Gasteiger partial charge in [-0.2, -0.15) is 0 Å². The van der Waals surface area contributed by atoms with E-state index in [0.717, 1.165) is 23.9 Å². The fourth-order valence-electron chi connectivity index (χ4n) is 3.79. The minimum Gasteiger partial charge on any atom is -0.352 e. The molecule has 1 fully saturated rings. The Morgan fingerprint density at radius 2 is 1.83 bits per heavy atom. The van der Waals surface area contributed by atoms with Crippen LogP contribution in [0.4, 0.5) is 0 Å². The van der Waals surface area contributed by atoms with E-state index in [1.54, 1.807) is 9.13 Å². The Bertz CT molecular complexity index is 775. The molecule has 1 N–H and O–H groups in total. The van der Waals surface area contributed by atoms with Crippen molar-refractivity contribution in [2.75, 3.05) is 0 Å². The Hall–Kier alpha value is -2.04. The molecule has 1 amide bonds. The number of aromatic nitrogens is 2. The highest BCUT2D eigenvalue weighted by molar-refractivity contribution is 5.81. The Balaban J connectivity index is 1.83. The molecule has 0 saturated heterocycles. The number of nitrogens with zero attached hydrogens (tertiary/aromatic N) is 2. The summed E-state index contributed by atoms with van der Waals surface area (Å²) in [7, 11) is 0. The lowest BCUT2D eigenvalue weighted by Gasteiger charge is -2.29. The highest BCUT2D eigenvalue weighted by Gasteiger charge is 2.23. The third-order valence-electron chi connectivity index (χ3n) is 5.13. The zero-order valence-electron chi connectivity index (χ0n) is 14.6. The Labute approximate surface area is 142 Å². The van der Waals surface area contributed by atoms with Gasteiger partial charge < -0.3 is 5.32 Å². The van der Waals surface area contributed by atoms with E-state index < -0.39 is 0 Å². The number of carbonyl (C=O) groups is 1. The van der Waals surface area contributed by atoms with Crippen molar-refractivity contribution in [1.29, 1.82) is 0 Å². The molecule has 1 saturated carbocycles. The molecule has 0 radical (unpaired) electrons. The highest BCUT2D eigenvalue weighted by atomic mass is 16.2. The number of rotatable bonds is 5. The summed E-state index contributed by atoms with van der Waals surface area (Å²) in [5, 5.41) is 3.14. The number of aryl methyl sites for hydroxylation is 1. The van der Waals surface area contributed by atoms with Crippen molar-refractivity contribution in [2.45, 2.75) is 65.1 Å². The molecule has 0 aliphatic heterocycles. The molecule has 130 valence electrons. The van der Waals surface area contributed by atoms with Gasteiger partial charge in [0.2, 0.25) is 5.91 Å². The van der Waals surface area contributed by atoms with Crippen LogP contribution >= 0.6 is 0 Å². The van der Waals surface area contributed by atoms with E-state index in [0.29, 0.717) is 12.5 Å². The van der Waals surface area contributed by atoms with Crippen molar-refractivity contribution in [3.05, 3.63) is 34.7 Å². The van der Waals surface area contributed by atoms with E-state index in [1.807, 2.05) is 24.3 Å². The van der Waals surface area contributed by atoms with Crippen LogP contribution in [0.3, 0.4) is 0 Å². The van der Waals surface area contributed by atoms with Gasteiger partial charge in [-0.05, 0) is 37.3 Å². The van der Waals surface area contributed by atoms with Gasteiger partial charge in [0.05, 0.1) is 11.0 Å². The number of amides is 1. The monoisotopic (exact) mass is 329 g/mol. The van der Waals surface area contributed by atoms with Crippen LogP contribution in [0.2, 0.25) is 0 Å². The van der Waals surface area contributed by atoms with Gasteiger partial charge in [-0.15, -0.1) is 0 Å². The van der Waals surface area contributed by atoms with Crippen molar-refractivity contribution in [3.8, 4) is 0 Å². The quantitative estimate of drug-likeness (QED) is 0.917. The van der Waals surface area contributed by atoms with Gasteiger partial charge in [-0.25, -0.2) is 4.79 Å². The average Bonchev–Trinajstić information content (AvgIpc) is 2.83. The summed E-state index contributed by atoms with van der Waals surface area (Å²) in [6.07, 6.45) is 5.52. The Morgan fingerprint density at radius 1 is 1.17 bits per heavy atom. The molecule has 0 unspecified atom stereocenters. The molecule has 2 aromatic rings. The lowest BCUT2D eigenvalue weighted by Crippen LogP contribution is -2.43. The van der Waals surface area contributed by atoms with Crippen molar-refractivity contribution in [2.24, 2.45) is 5.92 Å². The van der Waals surface area contributed by atoms with E-state index in [1.165, 1.54) is 19.3 Å². The molecule has 3 rings (SSSR count). The largest absolute Gasteiger partial charge is 0.352 e. The summed E-state index contributed by atoms with van der Waals surface area (Å²) in [6.45, 7) is 5.02. The molecule has 2 atom stereocenters. The van der Waals surface area contributed by atoms with Crippen LogP contribution in [-0.2, 0) is 17.9 Å². The highest BCUT2D eigenvalue weighted by Crippen LogP contribution is 2.23. The van der Waals surface area contributed by atoms with Gasteiger partial charge in [-0.1, -0.05) is 38.8 Å². The predicted octanol–water partition coefficient (Wildman–Crippen LogP) is 2.91. The number of carbonyl (C=O) groups excluding carboxylic acids is 1. The van der Waals surface area contributed by atoms with Crippen LogP contribution < -0.4 is 11.0 Å². The van der Waals surface area contributed by atoms with Crippen LogP contribution in [0.25, 0.3) is 11.0 Å². The first-order chi connectivity index (χ1) is 11.6. The van der Waals surface area contributed by atoms with E-state index in [-0.39, 0.29) is 24.2 Å². The molecule has 1 aromatic carbocycles. The van der Waals surface area contributed by atoms with E-state index in [4.69, 9.17) is 0 Å². The third-order valence-corrected chi connectivity index (χ3v) is 5.13. The fraction of sp³-hybridized carbons (Fsp3) is 0.579. The minimum absolute atomic E-state index is 0.0600. The van der Waals surface area contributed by atoms with Crippen molar-refractivity contribution >= 4 is 16.9 Å². The van der Waals surface area contributed by atoms with Gasteiger partial charge >= 0.3 is 5.69 Å². The molecule has 24 heavy (non-hydrogen) atoms. The third kappa shape index (κ3) is 3.25. The summed E-state index contributed by atoms with van der Waals surface area (Å²) in [4.78, 5) is 25.2. The zero-order chi connectivity index (χ0) is 17.1. The number of nitrogens with one attached hydrogen (secondary N) is 1. The first-order valence-electron chi connectivity index (χ1n) is 9.09. The second kappa shape index (κ2) is 7.24. The summed E-state index contributed by atoms with van der Waals surface area (Å²) in [5.41, 5.74) is 1.65. The second-order valence-corrected chi connectivity index (χ2v) is 6.94. The maximum Gasteiger partial charge on any atom is 0.329 e. The van der Waals surface area contributed by atoms with Crippen molar-refractivity contribution in [1.82, 2.24) is 14.5 Å². The molecule has 5 heteroatoms. The second-order valence-electron chi connectivity index (χ2n) is 6.94. The van der Waals surface area contributed by atoms with E-state index in [2.05, 4.69) is 19.2 Å². The summed E-state index contributed by atoms with van der Waals surface area (Å²) >= 11 is 0. The molecule has 1 heterocycles. The number of benzene rings is 1. The molecule has 1 aromatic heterocycles. The number of fused-ring (bicyclic) bond motifs is 1. The van der Waals surface area contributed by atoms with Gasteiger partial charge in [0.15, 0.2) is 0 Å². The van der Waals surface area contributed by atoms with Crippen LogP contribution in [0, 0.1) is 5.92 Å². The van der Waals surface area contributed by atoms with Crippen molar-refractivity contribution < 1.29 is 4.79 Å². The summed E-state index contributed by atoms with van der Waals surface area (Å²) in [5.74, 6) is 0.455. The first-order valence-corrected chi connectivity index (χ1v) is 9.09. The topological polar surface area (TPSA) is 56.0 Å². The molecular weight excluding hydrogens is 302 g/mol. The van der Waals surface area contributed by atoms with Crippen LogP contribution in [-0.4, -0.2) is 21.1 Å². The molecule has 5 nitrogen and oxygen atoms in total. The van der Waals surface area contributed by atoms with E-state index >= 15 is 0 Å². The van der Waals surface area contributed by atoms with Gasteiger partial charge in [0.1, 0.15) is 6.54 Å². The normalized spacial score (nSPS) is 21.1. The number of hydrogen-bond donors (Lipinski definition) is 1. The fourth-order valence-corrected chi connectivity index (χ4v) is 3.79. The van der Waals surface area contributed by atoms with Gasteiger partial charge in [0, 0.05) is 12.6 Å². The number of imidazole rings is 1. The molecule has 1 aliphatic rings. The zero-order valence-corrected chi connectivity index (χ0v) is 14.6. The standard InChI is InChI=1S/C19H27N3O2/c1-3-12-21-16-10-6-7-11-17(16)22(19(21)24)13-18(23)20-15-9-5-4-8-14(15)2/h6-7,10-11,14-15H,3-5,8-9,12-13H2,1-2H3,(H,20,23)/t14-,15+/m1/s1. The van der Waals surface area contributed by atoms with E-state index in [9.17, 15) is 9.59 Å². The number of para-hydroxylation sites is 2.